The monoisotopic (exact) mass is 448 g/mol. The Morgan fingerprint density at radius 2 is 1.84 bits per heavy atom. The molecule has 0 atom stereocenters. The molecular weight excluding hydrogens is 420 g/mol. The Bertz CT molecular complexity index is 1180. The van der Waals surface area contributed by atoms with Crippen molar-refractivity contribution in [2.24, 2.45) is 0 Å². The maximum atomic E-state index is 12.8. The summed E-state index contributed by atoms with van der Waals surface area (Å²) in [7, 11) is 4.04. The van der Waals surface area contributed by atoms with Gasteiger partial charge in [0, 0.05) is 18.5 Å². The average molecular weight is 449 g/mol. The third kappa shape index (κ3) is 5.36. The molecule has 7 heteroatoms. The number of aromatic nitrogens is 2. The van der Waals surface area contributed by atoms with Crippen LogP contribution in [0.25, 0.3) is 10.2 Å². The quantitative estimate of drug-likeness (QED) is 0.414. The van der Waals surface area contributed by atoms with Crippen molar-refractivity contribution in [3.63, 3.8) is 0 Å². The largest absolute Gasteiger partial charge is 0.492 e. The van der Waals surface area contributed by atoms with Crippen LogP contribution in [0.15, 0.2) is 60.7 Å². The zero-order chi connectivity index (χ0) is 22.5. The standard InChI is InChI=1S/C25H28N4O2S/c1-18-22-15-23(32-25(22)29(27-18)17-20-7-5-4-6-8-20)24(30)26-16-19-9-11-21(12-10-19)31-14-13-28(2)3/h4-12,15H,13-14,16-17H2,1-3H3,(H,26,30). The maximum Gasteiger partial charge on any atom is 0.261 e. The summed E-state index contributed by atoms with van der Waals surface area (Å²) in [6.45, 7) is 4.67. The first-order chi connectivity index (χ1) is 15.5. The number of nitrogens with one attached hydrogen (secondary N) is 1. The summed E-state index contributed by atoms with van der Waals surface area (Å²) < 4.78 is 7.70. The van der Waals surface area contributed by atoms with E-state index < -0.39 is 0 Å². The summed E-state index contributed by atoms with van der Waals surface area (Å²) >= 11 is 1.49. The van der Waals surface area contributed by atoms with Crippen LogP contribution in [-0.2, 0) is 13.1 Å². The van der Waals surface area contributed by atoms with E-state index in [2.05, 4.69) is 27.4 Å². The number of amides is 1. The first kappa shape index (κ1) is 22.0. The van der Waals surface area contributed by atoms with Gasteiger partial charge in [-0.2, -0.15) is 5.10 Å². The van der Waals surface area contributed by atoms with Gasteiger partial charge in [-0.15, -0.1) is 11.3 Å². The molecule has 1 amide bonds. The molecule has 1 N–H and O–H groups in total. The van der Waals surface area contributed by atoms with Crippen LogP contribution in [0, 0.1) is 6.92 Å². The molecule has 4 aromatic rings. The van der Waals surface area contributed by atoms with E-state index in [1.807, 2.05) is 74.2 Å². The molecule has 166 valence electrons. The van der Waals surface area contributed by atoms with Crippen LogP contribution in [0.1, 0.15) is 26.5 Å². The second kappa shape index (κ2) is 9.97. The Hall–Kier alpha value is -3.16. The third-order valence-corrected chi connectivity index (χ3v) is 6.34. The second-order valence-corrected chi connectivity index (χ2v) is 9.07. The van der Waals surface area contributed by atoms with Gasteiger partial charge in [-0.25, -0.2) is 0 Å². The number of carbonyl (C=O) groups excluding carboxylic acids is 1. The molecular formula is C25H28N4O2S. The van der Waals surface area contributed by atoms with Gasteiger partial charge in [0.1, 0.15) is 17.2 Å². The van der Waals surface area contributed by atoms with E-state index in [1.54, 1.807) is 0 Å². The molecule has 0 saturated carbocycles. The molecule has 0 unspecified atom stereocenters. The fraction of sp³-hybridized carbons (Fsp3) is 0.280. The lowest BCUT2D eigenvalue weighted by atomic mass is 10.2. The fourth-order valence-electron chi connectivity index (χ4n) is 3.41. The summed E-state index contributed by atoms with van der Waals surface area (Å²) in [4.78, 5) is 16.6. The zero-order valence-electron chi connectivity index (χ0n) is 18.7. The Balaban J connectivity index is 1.38. The summed E-state index contributed by atoms with van der Waals surface area (Å²) in [5, 5.41) is 8.72. The molecule has 0 bridgehead atoms. The number of hydrogen-bond donors (Lipinski definition) is 1. The van der Waals surface area contributed by atoms with Crippen molar-refractivity contribution in [1.82, 2.24) is 20.0 Å². The van der Waals surface area contributed by atoms with Gasteiger partial charge in [-0.1, -0.05) is 42.5 Å². The predicted molar refractivity (Wildman–Crippen MR) is 130 cm³/mol. The van der Waals surface area contributed by atoms with Crippen LogP contribution in [0.2, 0.25) is 0 Å². The number of benzene rings is 2. The molecule has 0 fully saturated rings. The van der Waals surface area contributed by atoms with Crippen molar-refractivity contribution in [2.75, 3.05) is 27.2 Å². The van der Waals surface area contributed by atoms with Crippen molar-refractivity contribution in [2.45, 2.75) is 20.0 Å². The molecule has 2 aromatic carbocycles. The number of thiophene rings is 1. The van der Waals surface area contributed by atoms with Gasteiger partial charge < -0.3 is 15.0 Å². The van der Waals surface area contributed by atoms with Crippen molar-refractivity contribution in [3.05, 3.63) is 82.4 Å². The SMILES string of the molecule is Cc1nn(Cc2ccccc2)c2sc(C(=O)NCc3ccc(OCCN(C)C)cc3)cc12. The molecule has 4 rings (SSSR count). The van der Waals surface area contributed by atoms with Gasteiger partial charge in [-0.05, 0) is 50.3 Å². The highest BCUT2D eigenvalue weighted by Gasteiger charge is 2.16. The van der Waals surface area contributed by atoms with E-state index in [0.717, 1.165) is 33.8 Å². The molecule has 6 nitrogen and oxygen atoms in total. The Labute approximate surface area is 192 Å². The van der Waals surface area contributed by atoms with E-state index in [0.29, 0.717) is 24.6 Å². The number of likely N-dealkylation sites (N-methyl/N-ethyl adjacent to an activating group) is 1. The average Bonchev–Trinajstić information content (AvgIpc) is 3.35. The van der Waals surface area contributed by atoms with E-state index in [-0.39, 0.29) is 5.91 Å². The second-order valence-electron chi connectivity index (χ2n) is 8.04. The molecule has 2 heterocycles. The minimum Gasteiger partial charge on any atom is -0.492 e. The fourth-order valence-corrected chi connectivity index (χ4v) is 4.48. The Kier molecular flexibility index (Phi) is 6.87. The van der Waals surface area contributed by atoms with Crippen LogP contribution in [-0.4, -0.2) is 47.8 Å². The lowest BCUT2D eigenvalue weighted by Gasteiger charge is -2.11. The number of nitrogens with zero attached hydrogens (tertiary/aromatic N) is 3. The van der Waals surface area contributed by atoms with Gasteiger partial charge >= 0.3 is 0 Å². The van der Waals surface area contributed by atoms with Crippen LogP contribution < -0.4 is 10.1 Å². The van der Waals surface area contributed by atoms with Gasteiger partial charge in [0.2, 0.25) is 0 Å². The van der Waals surface area contributed by atoms with Crippen molar-refractivity contribution >= 4 is 27.5 Å². The molecule has 2 aromatic heterocycles. The summed E-state index contributed by atoms with van der Waals surface area (Å²) in [6, 6.07) is 20.0. The highest BCUT2D eigenvalue weighted by molar-refractivity contribution is 7.20. The molecule has 0 saturated heterocycles. The smallest absolute Gasteiger partial charge is 0.261 e. The maximum absolute atomic E-state index is 12.8. The van der Waals surface area contributed by atoms with E-state index in [9.17, 15) is 4.79 Å². The highest BCUT2D eigenvalue weighted by Crippen LogP contribution is 2.29. The van der Waals surface area contributed by atoms with E-state index in [1.165, 1.54) is 16.9 Å². The summed E-state index contributed by atoms with van der Waals surface area (Å²) in [6.07, 6.45) is 0. The Morgan fingerprint density at radius 3 is 2.56 bits per heavy atom. The van der Waals surface area contributed by atoms with E-state index >= 15 is 0 Å². The first-order valence-electron chi connectivity index (χ1n) is 10.6. The molecule has 32 heavy (non-hydrogen) atoms. The number of hydrogen-bond acceptors (Lipinski definition) is 5. The molecule has 0 aliphatic carbocycles. The minimum absolute atomic E-state index is 0.0665. The topological polar surface area (TPSA) is 59.4 Å². The van der Waals surface area contributed by atoms with E-state index in [4.69, 9.17) is 4.74 Å². The number of fused-ring (bicyclic) bond motifs is 1. The first-order valence-corrected chi connectivity index (χ1v) is 11.5. The van der Waals surface area contributed by atoms with Crippen LogP contribution in [0.4, 0.5) is 0 Å². The van der Waals surface area contributed by atoms with Gasteiger partial charge in [0.25, 0.3) is 5.91 Å². The lowest BCUT2D eigenvalue weighted by molar-refractivity contribution is 0.0955. The molecule has 0 aliphatic rings. The van der Waals surface area contributed by atoms with Crippen molar-refractivity contribution in [3.8, 4) is 5.75 Å². The Morgan fingerprint density at radius 1 is 1.09 bits per heavy atom. The van der Waals surface area contributed by atoms with Crippen molar-refractivity contribution < 1.29 is 9.53 Å². The third-order valence-electron chi connectivity index (χ3n) is 5.19. The van der Waals surface area contributed by atoms with Gasteiger partial charge in [0.15, 0.2) is 0 Å². The van der Waals surface area contributed by atoms with Crippen molar-refractivity contribution in [1.29, 1.82) is 0 Å². The summed E-state index contributed by atoms with van der Waals surface area (Å²) in [5.74, 6) is 0.771. The van der Waals surface area contributed by atoms with Crippen LogP contribution >= 0.6 is 11.3 Å². The highest BCUT2D eigenvalue weighted by atomic mass is 32.1. The van der Waals surface area contributed by atoms with Crippen LogP contribution in [0.5, 0.6) is 5.75 Å². The van der Waals surface area contributed by atoms with Gasteiger partial charge in [-0.3, -0.25) is 9.48 Å². The number of carbonyl (C=O) groups is 1. The molecule has 0 radical (unpaired) electrons. The lowest BCUT2D eigenvalue weighted by Crippen LogP contribution is -2.21. The minimum atomic E-state index is -0.0665. The normalized spacial score (nSPS) is 11.2. The number of rotatable bonds is 9. The number of ether oxygens (including phenoxy) is 1. The van der Waals surface area contributed by atoms with Crippen LogP contribution in [0.3, 0.4) is 0 Å². The zero-order valence-corrected chi connectivity index (χ0v) is 19.5. The number of aryl methyl sites for hydroxylation is 1. The molecule has 0 aliphatic heterocycles. The molecule has 0 spiro atoms. The predicted octanol–water partition coefficient (Wildman–Crippen LogP) is 4.32. The summed E-state index contributed by atoms with van der Waals surface area (Å²) in [5.41, 5.74) is 3.16. The van der Waals surface area contributed by atoms with Gasteiger partial charge in [0.05, 0.1) is 17.1 Å².